The number of anilines is 1. The van der Waals surface area contributed by atoms with Crippen molar-refractivity contribution in [1.29, 1.82) is 0 Å². The van der Waals surface area contributed by atoms with Gasteiger partial charge in [0.05, 0.1) is 18.2 Å². The van der Waals surface area contributed by atoms with Crippen molar-refractivity contribution in [2.24, 2.45) is 0 Å². The van der Waals surface area contributed by atoms with E-state index in [9.17, 15) is 8.42 Å². The Morgan fingerprint density at radius 3 is 2.76 bits per heavy atom. The zero-order valence-corrected chi connectivity index (χ0v) is 10.5. The van der Waals surface area contributed by atoms with Gasteiger partial charge in [-0.15, -0.1) is 0 Å². The lowest BCUT2D eigenvalue weighted by atomic mass is 10.5. The quantitative estimate of drug-likeness (QED) is 0.884. The monoisotopic (exact) mass is 277 g/mol. The minimum absolute atomic E-state index is 0.139. The van der Waals surface area contributed by atoms with Gasteiger partial charge in [0.1, 0.15) is 0 Å². The van der Waals surface area contributed by atoms with Crippen LogP contribution in [0.1, 0.15) is 0 Å². The molecule has 1 N–H and O–H groups in total. The summed E-state index contributed by atoms with van der Waals surface area (Å²) in [6.45, 7) is 1.47. The average Bonchev–Trinajstić information content (AvgIpc) is 2.33. The maximum Gasteiger partial charge on any atom is 0.302 e. The van der Waals surface area contributed by atoms with E-state index in [0.717, 1.165) is 0 Å². The van der Waals surface area contributed by atoms with E-state index in [4.69, 9.17) is 16.3 Å². The third-order valence-corrected chi connectivity index (χ3v) is 4.10. The number of pyridine rings is 1. The van der Waals surface area contributed by atoms with Crippen LogP contribution in [0.3, 0.4) is 0 Å². The van der Waals surface area contributed by atoms with Gasteiger partial charge in [-0.2, -0.15) is 12.7 Å². The Kier molecular flexibility index (Phi) is 3.82. The van der Waals surface area contributed by atoms with Gasteiger partial charge in [-0.05, 0) is 12.1 Å². The number of halogens is 1. The Balaban J connectivity index is 2.14. The molecule has 1 fully saturated rings. The molecule has 0 radical (unpaired) electrons. The van der Waals surface area contributed by atoms with Gasteiger partial charge < -0.3 is 4.74 Å². The molecular formula is C9H12ClN3O3S. The van der Waals surface area contributed by atoms with E-state index >= 15 is 0 Å². The lowest BCUT2D eigenvalue weighted by Crippen LogP contribution is -2.43. The number of aromatic nitrogens is 1. The fourth-order valence-electron chi connectivity index (χ4n) is 1.43. The van der Waals surface area contributed by atoms with E-state index in [1.54, 1.807) is 12.1 Å². The predicted molar refractivity (Wildman–Crippen MR) is 64.2 cm³/mol. The van der Waals surface area contributed by atoms with Crippen molar-refractivity contribution in [2.45, 2.75) is 0 Å². The molecular weight excluding hydrogens is 266 g/mol. The summed E-state index contributed by atoms with van der Waals surface area (Å²) < 4.78 is 32.7. The lowest BCUT2D eigenvalue weighted by Gasteiger charge is -2.26. The van der Waals surface area contributed by atoms with Crippen LogP contribution in [-0.4, -0.2) is 44.0 Å². The Morgan fingerprint density at radius 1 is 1.41 bits per heavy atom. The van der Waals surface area contributed by atoms with E-state index < -0.39 is 10.2 Å². The molecule has 1 aliphatic heterocycles. The van der Waals surface area contributed by atoms with Crippen LogP contribution >= 0.6 is 11.6 Å². The molecule has 0 atom stereocenters. The second-order valence-corrected chi connectivity index (χ2v) is 5.53. The van der Waals surface area contributed by atoms with Gasteiger partial charge in [-0.25, -0.2) is 4.98 Å². The van der Waals surface area contributed by atoms with Gasteiger partial charge in [-0.1, -0.05) is 11.6 Å². The summed E-state index contributed by atoms with van der Waals surface area (Å²) in [7, 11) is -3.60. The molecule has 1 aliphatic rings. The molecule has 2 rings (SSSR count). The zero-order valence-electron chi connectivity index (χ0n) is 8.97. The van der Waals surface area contributed by atoms with Gasteiger partial charge in [0.25, 0.3) is 0 Å². The van der Waals surface area contributed by atoms with Crippen LogP contribution < -0.4 is 4.72 Å². The van der Waals surface area contributed by atoms with Crippen molar-refractivity contribution < 1.29 is 13.2 Å². The van der Waals surface area contributed by atoms with Gasteiger partial charge >= 0.3 is 10.2 Å². The highest BCUT2D eigenvalue weighted by molar-refractivity contribution is 7.90. The molecule has 6 nitrogen and oxygen atoms in total. The number of rotatable bonds is 3. The fourth-order valence-corrected chi connectivity index (χ4v) is 2.83. The molecule has 17 heavy (non-hydrogen) atoms. The Hall–Kier alpha value is -0.890. The summed E-state index contributed by atoms with van der Waals surface area (Å²) in [6.07, 6.45) is 1.48. The van der Waals surface area contributed by atoms with Crippen LogP contribution in [0.25, 0.3) is 0 Å². The molecule has 1 aromatic heterocycles. The SMILES string of the molecule is O=S(=O)(Nc1ncccc1Cl)N1CCOCC1. The van der Waals surface area contributed by atoms with Crippen molar-refractivity contribution in [3.05, 3.63) is 23.4 Å². The van der Waals surface area contributed by atoms with Crippen LogP contribution in [0.2, 0.25) is 5.02 Å². The van der Waals surface area contributed by atoms with Crippen molar-refractivity contribution in [2.75, 3.05) is 31.0 Å². The second kappa shape index (κ2) is 5.18. The van der Waals surface area contributed by atoms with Gasteiger partial charge in [0.2, 0.25) is 0 Å². The Bertz CT molecular complexity index is 488. The number of morpholine rings is 1. The third-order valence-electron chi connectivity index (χ3n) is 2.29. The molecule has 0 bridgehead atoms. The minimum atomic E-state index is -3.60. The number of hydrogen-bond donors (Lipinski definition) is 1. The number of nitrogens with one attached hydrogen (secondary N) is 1. The molecule has 1 aromatic rings. The summed E-state index contributed by atoms with van der Waals surface area (Å²) in [5, 5.41) is 0.268. The molecule has 0 amide bonds. The predicted octanol–water partition coefficient (Wildman–Crippen LogP) is 0.724. The van der Waals surface area contributed by atoms with Gasteiger partial charge in [0.15, 0.2) is 5.82 Å². The van der Waals surface area contributed by atoms with Gasteiger partial charge in [-0.3, -0.25) is 4.72 Å². The third kappa shape index (κ3) is 3.06. The van der Waals surface area contributed by atoms with Crippen molar-refractivity contribution >= 4 is 27.6 Å². The van der Waals surface area contributed by atoms with E-state index in [1.807, 2.05) is 0 Å². The Labute approximate surface area is 105 Å². The smallest absolute Gasteiger partial charge is 0.302 e. The van der Waals surface area contributed by atoms with Gasteiger partial charge in [0, 0.05) is 19.3 Å². The first kappa shape index (κ1) is 12.6. The minimum Gasteiger partial charge on any atom is -0.379 e. The Morgan fingerprint density at radius 2 is 2.12 bits per heavy atom. The highest BCUT2D eigenvalue weighted by Crippen LogP contribution is 2.19. The molecule has 94 valence electrons. The first-order chi connectivity index (χ1) is 8.09. The molecule has 0 saturated carbocycles. The van der Waals surface area contributed by atoms with Crippen LogP contribution in [0.15, 0.2) is 18.3 Å². The second-order valence-electron chi connectivity index (χ2n) is 3.45. The van der Waals surface area contributed by atoms with Crippen LogP contribution in [-0.2, 0) is 14.9 Å². The molecule has 0 spiro atoms. The molecule has 1 saturated heterocycles. The molecule has 0 unspecified atom stereocenters. The summed E-state index contributed by atoms with van der Waals surface area (Å²) in [5.41, 5.74) is 0. The van der Waals surface area contributed by atoms with Crippen molar-refractivity contribution in [3.63, 3.8) is 0 Å². The van der Waals surface area contributed by atoms with Crippen LogP contribution in [0.5, 0.6) is 0 Å². The normalized spacial score (nSPS) is 17.9. The molecule has 8 heteroatoms. The highest BCUT2D eigenvalue weighted by Gasteiger charge is 2.25. The molecule has 0 aromatic carbocycles. The first-order valence-electron chi connectivity index (χ1n) is 5.06. The van der Waals surface area contributed by atoms with E-state index in [-0.39, 0.29) is 10.8 Å². The summed E-state index contributed by atoms with van der Waals surface area (Å²) in [6, 6.07) is 3.21. The fraction of sp³-hybridized carbons (Fsp3) is 0.444. The molecule has 2 heterocycles. The van der Waals surface area contributed by atoms with Crippen LogP contribution in [0, 0.1) is 0 Å². The summed E-state index contributed by atoms with van der Waals surface area (Å²) in [5.74, 6) is 0.139. The van der Waals surface area contributed by atoms with Crippen molar-refractivity contribution in [3.8, 4) is 0 Å². The number of nitrogens with zero attached hydrogens (tertiary/aromatic N) is 2. The first-order valence-corrected chi connectivity index (χ1v) is 6.87. The van der Waals surface area contributed by atoms with E-state index in [2.05, 4.69) is 9.71 Å². The maximum absolute atomic E-state index is 12.0. The number of ether oxygens (including phenoxy) is 1. The van der Waals surface area contributed by atoms with Crippen LogP contribution in [0.4, 0.5) is 5.82 Å². The topological polar surface area (TPSA) is 71.5 Å². The van der Waals surface area contributed by atoms with Crippen molar-refractivity contribution in [1.82, 2.24) is 9.29 Å². The van der Waals surface area contributed by atoms with E-state index in [0.29, 0.717) is 26.3 Å². The summed E-state index contributed by atoms with van der Waals surface area (Å²) >= 11 is 5.84. The maximum atomic E-state index is 12.0. The van der Waals surface area contributed by atoms with E-state index in [1.165, 1.54) is 10.5 Å². The highest BCUT2D eigenvalue weighted by atomic mass is 35.5. The summed E-state index contributed by atoms with van der Waals surface area (Å²) in [4.78, 5) is 3.88. The lowest BCUT2D eigenvalue weighted by molar-refractivity contribution is 0.0733. The number of hydrogen-bond acceptors (Lipinski definition) is 4. The standard InChI is InChI=1S/C9H12ClN3O3S/c10-8-2-1-3-11-9(8)12-17(14,15)13-4-6-16-7-5-13/h1-3H,4-7H2,(H,11,12). The molecule has 0 aliphatic carbocycles. The largest absolute Gasteiger partial charge is 0.379 e. The average molecular weight is 278 g/mol. The zero-order chi connectivity index (χ0) is 12.3.